The average molecular weight is 1830 g/mol. The molecule has 124 heavy (non-hydrogen) atoms. The quantitative estimate of drug-likeness (QED) is 0.0320. The van der Waals surface area contributed by atoms with Crippen LogP contribution in [0.3, 0.4) is 0 Å². The van der Waals surface area contributed by atoms with Gasteiger partial charge in [-0.2, -0.15) is 0 Å². The van der Waals surface area contributed by atoms with Crippen LogP contribution in [0.25, 0.3) is 89.2 Å². The van der Waals surface area contributed by atoms with Gasteiger partial charge in [0.2, 0.25) is 0 Å². The Morgan fingerprint density at radius 1 is 0.403 bits per heavy atom. The maximum atomic E-state index is 6.83. The smallest absolute Gasteiger partial charge is 0.184 e. The highest BCUT2D eigenvalue weighted by atomic mass is 35.5. The number of fused-ring (bicyclic) bond motifs is 4. The minimum Gasteiger partial charge on any atom is -0.492 e. The van der Waals surface area contributed by atoms with Gasteiger partial charge in [0.15, 0.2) is 20.5 Å². The molecule has 0 amide bonds. The van der Waals surface area contributed by atoms with Crippen LogP contribution in [0.5, 0.6) is 40.2 Å². The number of nitrogens with zero attached hydrogens (tertiary/aromatic N) is 10. The largest absolute Gasteiger partial charge is 0.492 e. The van der Waals surface area contributed by atoms with E-state index >= 15 is 0 Å². The summed E-state index contributed by atoms with van der Waals surface area (Å²) in [5.74, 6) is 4.98. The van der Waals surface area contributed by atoms with Crippen LogP contribution in [0.15, 0.2) is 101 Å². The van der Waals surface area contributed by atoms with Gasteiger partial charge in [0, 0.05) is 137 Å². The van der Waals surface area contributed by atoms with Crippen molar-refractivity contribution in [1.82, 2.24) is 49.7 Å². The van der Waals surface area contributed by atoms with Gasteiger partial charge in [-0.05, 0) is 213 Å². The lowest BCUT2D eigenvalue weighted by atomic mass is 10.1. The van der Waals surface area contributed by atoms with Crippen molar-refractivity contribution in [1.29, 1.82) is 0 Å². The molecule has 12 aromatic rings. The lowest BCUT2D eigenvalue weighted by Crippen LogP contribution is -2.38. The summed E-state index contributed by atoms with van der Waals surface area (Å²) in [6, 6.07) is 28.8. The van der Waals surface area contributed by atoms with Gasteiger partial charge in [0.05, 0.1) is 71.3 Å². The van der Waals surface area contributed by atoms with Crippen LogP contribution in [-0.2, 0) is 9.47 Å². The molecule has 0 spiro atoms. The summed E-state index contributed by atoms with van der Waals surface area (Å²) in [4.78, 5) is 42.9. The van der Waals surface area contributed by atoms with Gasteiger partial charge in [-0.15, -0.1) is 34.0 Å². The Hall–Kier alpha value is -8.49. The predicted octanol–water partition coefficient (Wildman–Crippen LogP) is 23.2. The third-order valence-electron chi connectivity index (χ3n) is 18.0. The topological polar surface area (TPSA) is 267 Å². The zero-order chi connectivity index (χ0) is 89.8. The number of nitrogens with one attached hydrogen (secondary N) is 4. The fourth-order valence-electron chi connectivity index (χ4n) is 12.8. The molecule has 8 aromatic heterocycles. The van der Waals surface area contributed by atoms with Crippen molar-refractivity contribution < 1.29 is 42.6 Å². The molecule has 0 bridgehead atoms. The summed E-state index contributed by atoms with van der Waals surface area (Å²) >= 11 is 26.1. The second-order valence-corrected chi connectivity index (χ2v) is 41.4. The first-order valence-corrected chi connectivity index (χ1v) is 46.8. The normalized spacial score (nSPS) is 13.8. The van der Waals surface area contributed by atoms with Gasteiger partial charge in [-0.1, -0.05) is 52.2 Å². The second kappa shape index (κ2) is 42.0. The molecular formula is C93H122Cl3N15O9S4. The highest BCUT2D eigenvalue weighted by molar-refractivity contribution is 7.20. The maximum Gasteiger partial charge on any atom is 0.184 e. The lowest BCUT2D eigenvalue weighted by molar-refractivity contribution is 0.0322. The van der Waals surface area contributed by atoms with Crippen molar-refractivity contribution in [2.75, 3.05) is 107 Å². The number of thiazole rings is 4. The van der Waals surface area contributed by atoms with Crippen LogP contribution in [0.1, 0.15) is 158 Å². The Morgan fingerprint density at radius 3 is 1.19 bits per heavy atom. The number of anilines is 4. The Kier molecular flexibility index (Phi) is 32.5. The number of nitrogens with two attached hydrogens (primary N) is 1. The van der Waals surface area contributed by atoms with Crippen LogP contribution < -0.4 is 60.2 Å². The zero-order valence-corrected chi connectivity index (χ0v) is 81.3. The Bertz CT molecular complexity index is 5560. The van der Waals surface area contributed by atoms with E-state index in [1.54, 1.807) is 34.0 Å². The zero-order valence-electron chi connectivity index (χ0n) is 75.8. The number of ether oxygens (including phenoxy) is 9. The third-order valence-corrected chi connectivity index (χ3v) is 22.2. The molecular weight excluding hydrogens is 1710 g/mol. The summed E-state index contributed by atoms with van der Waals surface area (Å²) in [5.41, 5.74) is 14.3. The van der Waals surface area contributed by atoms with Crippen LogP contribution >= 0.6 is 80.1 Å². The van der Waals surface area contributed by atoms with Gasteiger partial charge in [0.1, 0.15) is 120 Å². The van der Waals surface area contributed by atoms with Crippen LogP contribution in [-0.4, -0.2) is 187 Å². The number of hydrogen-bond donors (Lipinski definition) is 5. The number of benzene rings is 4. The van der Waals surface area contributed by atoms with Gasteiger partial charge in [-0.25, -0.2) is 39.9 Å². The maximum absolute atomic E-state index is 6.83. The van der Waals surface area contributed by atoms with Crippen molar-refractivity contribution in [3.8, 4) is 85.8 Å². The van der Waals surface area contributed by atoms with E-state index in [2.05, 4.69) is 142 Å². The second-order valence-electron chi connectivity index (χ2n) is 36.5. The number of aryl methyl sites for hydroxylation is 1. The van der Waals surface area contributed by atoms with Crippen molar-refractivity contribution in [2.24, 2.45) is 5.73 Å². The first kappa shape index (κ1) is 96.2. The first-order valence-electron chi connectivity index (χ1n) is 42.2. The fraction of sp³-hybridized carbons (Fsp3) is 0.484. The molecule has 0 saturated carbocycles. The molecule has 2 aliphatic heterocycles. The number of pyridine rings is 4. The molecule has 14 rings (SSSR count). The van der Waals surface area contributed by atoms with E-state index in [4.69, 9.17) is 113 Å². The summed E-state index contributed by atoms with van der Waals surface area (Å²) in [5, 5.41) is 27.3. The average Bonchev–Trinajstić information content (AvgIpc) is 1.11. The fourth-order valence-corrected chi connectivity index (χ4v) is 17.0. The third kappa shape index (κ3) is 28.5. The molecule has 6 N–H and O–H groups in total. The molecule has 0 radical (unpaired) electrons. The number of rotatable bonds is 27. The van der Waals surface area contributed by atoms with Crippen molar-refractivity contribution in [3.63, 3.8) is 0 Å². The highest BCUT2D eigenvalue weighted by Crippen LogP contribution is 2.45. The van der Waals surface area contributed by atoms with Gasteiger partial charge < -0.3 is 69.6 Å². The molecule has 2 saturated heterocycles. The van der Waals surface area contributed by atoms with E-state index in [1.165, 1.54) is 11.3 Å². The van der Waals surface area contributed by atoms with E-state index in [0.29, 0.717) is 97.7 Å². The monoisotopic (exact) mass is 1830 g/mol. The van der Waals surface area contributed by atoms with Gasteiger partial charge in [0.25, 0.3) is 0 Å². The van der Waals surface area contributed by atoms with E-state index < -0.39 is 5.54 Å². The standard InChI is InChI=1S/C25H33ClN4O3S.C25H34N4O3S.C23H31ClN4O2S.C20H24ClN3OS/c1-16(2)27-24-29-19(15-34-24)18-14-21(33-25(3,4)5)17-6-7-20(22(26)23(17)28-18)32-13-10-30-8-11-31-12-9-30;1-17(2)26-24-28-22(16-33-24)21-15-23(32-25(3,4)5)19-7-6-18(14-20(19)27-21)31-13-10-29-8-11-30-12-9-29;1-13(2)26-21-28-16(11-31-21)15-10-18(30-22(3,4)5)14-8-9-17(19(24)20(14)27-15)29-12-23(6,7)25;1-11(2)22-19-24-17(18(21)26-19)15-10-16(25-20(4,5)6)13-8-7-12(3)9-14(13)23-15/h6-7,14-16H,8-13H2,1-5H3,(H,27,29);6-7,14-17H,8-13H2,1-5H3,(H,26,28);8-11,13H,12,25H2,1-7H3,(H,26,28);7-11H,1-6H3,(H,22,24). The predicted molar refractivity (Wildman–Crippen MR) is 517 cm³/mol. The van der Waals surface area contributed by atoms with E-state index in [-0.39, 0.29) is 28.4 Å². The van der Waals surface area contributed by atoms with Crippen LogP contribution in [0, 0.1) is 6.92 Å². The van der Waals surface area contributed by atoms with Gasteiger partial charge >= 0.3 is 0 Å². The number of aromatic nitrogens is 8. The molecule has 0 atom stereocenters. The summed E-state index contributed by atoms with van der Waals surface area (Å²) in [6.07, 6.45) is 0. The van der Waals surface area contributed by atoms with Crippen LogP contribution in [0.2, 0.25) is 14.4 Å². The molecule has 668 valence electrons. The molecule has 0 unspecified atom stereocenters. The number of hydrogen-bond acceptors (Lipinski definition) is 28. The Balaban J connectivity index is 0.000000162. The molecule has 2 fully saturated rings. The molecule has 24 nitrogen and oxygen atoms in total. The minimum absolute atomic E-state index is 0.289. The number of morpholine rings is 2. The molecule has 10 heterocycles. The highest BCUT2D eigenvalue weighted by Gasteiger charge is 2.27. The van der Waals surface area contributed by atoms with E-state index in [1.807, 2.05) is 159 Å². The lowest BCUT2D eigenvalue weighted by Gasteiger charge is -2.26. The Morgan fingerprint density at radius 2 is 0.766 bits per heavy atom. The SMILES string of the molecule is CC(C)Nc1nc(-c2cc(OC(C)(C)C)c3ccc(OCC(C)(C)N)c(Cl)c3n2)cs1.CC(C)Nc1nc(-c2cc(OC(C)(C)C)c3ccc(OCCN4CCOCC4)c(Cl)c3n2)cs1.CC(C)Nc1nc(-c2cc(OC(C)(C)C)c3ccc(OCCN4CCOCC4)cc3n2)cs1.Cc1ccc2c(OC(C)(C)C)cc(-c3nc(NC(C)C)sc3Cl)nc2c1. The van der Waals surface area contributed by atoms with E-state index in [9.17, 15) is 0 Å². The Labute approximate surface area is 761 Å². The van der Waals surface area contributed by atoms with Gasteiger partial charge in [-0.3, -0.25) is 9.80 Å². The molecule has 31 heteroatoms. The van der Waals surface area contributed by atoms with Crippen molar-refractivity contribution in [3.05, 3.63) is 121 Å². The van der Waals surface area contributed by atoms with Crippen molar-refractivity contribution >= 4 is 144 Å². The molecule has 4 aromatic carbocycles. The molecule has 2 aliphatic rings. The summed E-state index contributed by atoms with van der Waals surface area (Å²) in [7, 11) is 0. The summed E-state index contributed by atoms with van der Waals surface area (Å²) < 4.78 is 54.5. The number of halogens is 3. The van der Waals surface area contributed by atoms with Crippen LogP contribution in [0.4, 0.5) is 20.5 Å². The van der Waals surface area contributed by atoms with Crippen molar-refractivity contribution in [2.45, 2.75) is 211 Å². The minimum atomic E-state index is -0.478. The first-order chi connectivity index (χ1) is 58.4. The van der Waals surface area contributed by atoms with E-state index in [0.717, 1.165) is 176 Å². The summed E-state index contributed by atoms with van der Waals surface area (Å²) in [6.45, 7) is 57.0. The molecule has 0 aliphatic carbocycles.